The number of carbonyl (C=O) groups is 1. The first-order chi connectivity index (χ1) is 4.61. The first-order valence-corrected chi connectivity index (χ1v) is 3.81. The molecule has 0 amide bonds. The predicted molar refractivity (Wildman–Crippen MR) is 38.5 cm³/mol. The van der Waals surface area contributed by atoms with Crippen LogP contribution in [0.1, 0.15) is 27.2 Å². The summed E-state index contributed by atoms with van der Waals surface area (Å²) in [6.45, 7) is 6.20. The molecule has 10 heavy (non-hydrogen) atoms. The molecule has 1 saturated heterocycles. The first kappa shape index (κ1) is 7.58. The summed E-state index contributed by atoms with van der Waals surface area (Å²) in [4.78, 5) is 10.6. The van der Waals surface area contributed by atoms with Gasteiger partial charge >= 0.3 is 5.97 Å². The second-order valence-corrected chi connectivity index (χ2v) is 3.39. The van der Waals surface area contributed by atoms with Crippen LogP contribution >= 0.6 is 0 Å². The fourth-order valence-electron chi connectivity index (χ4n) is 1.15. The molecule has 0 aromatic carbocycles. The number of hydrogen-bond donors (Lipinski definition) is 0. The van der Waals surface area contributed by atoms with Crippen molar-refractivity contribution in [2.45, 2.75) is 33.3 Å². The summed E-state index contributed by atoms with van der Waals surface area (Å²) in [7, 11) is 0. The molecule has 2 heteroatoms. The summed E-state index contributed by atoms with van der Waals surface area (Å²) >= 11 is 0. The number of rotatable bonds is 2. The van der Waals surface area contributed by atoms with E-state index in [-0.39, 0.29) is 18.0 Å². The monoisotopic (exact) mass is 142 g/mol. The van der Waals surface area contributed by atoms with Gasteiger partial charge in [-0.2, -0.15) is 0 Å². The third-order valence-electron chi connectivity index (χ3n) is 1.90. The molecule has 0 aromatic heterocycles. The second-order valence-electron chi connectivity index (χ2n) is 3.39. The highest BCUT2D eigenvalue weighted by Crippen LogP contribution is 2.26. The molecule has 0 aliphatic carbocycles. The van der Waals surface area contributed by atoms with E-state index in [1.165, 1.54) is 0 Å². The molecule has 1 aliphatic rings. The van der Waals surface area contributed by atoms with Gasteiger partial charge in [0.05, 0.1) is 5.92 Å². The lowest BCUT2D eigenvalue weighted by atomic mass is 9.92. The van der Waals surface area contributed by atoms with Crippen LogP contribution in [0.3, 0.4) is 0 Å². The normalized spacial score (nSPS) is 31.8. The zero-order valence-corrected chi connectivity index (χ0v) is 6.76. The van der Waals surface area contributed by atoms with Crippen LogP contribution in [0.5, 0.6) is 0 Å². The molecule has 2 atom stereocenters. The van der Waals surface area contributed by atoms with Gasteiger partial charge in [0.15, 0.2) is 0 Å². The summed E-state index contributed by atoms with van der Waals surface area (Å²) in [5, 5.41) is 0. The van der Waals surface area contributed by atoms with Gasteiger partial charge in [0.1, 0.15) is 6.10 Å². The van der Waals surface area contributed by atoms with Crippen molar-refractivity contribution in [3.05, 3.63) is 0 Å². The minimum absolute atomic E-state index is 0.0364. The van der Waals surface area contributed by atoms with Crippen LogP contribution in [-0.2, 0) is 9.53 Å². The number of hydrogen-bond acceptors (Lipinski definition) is 2. The van der Waals surface area contributed by atoms with E-state index in [0.717, 1.165) is 6.42 Å². The number of cyclic esters (lactones) is 1. The Hall–Kier alpha value is -0.530. The molecule has 0 bridgehead atoms. The van der Waals surface area contributed by atoms with Gasteiger partial charge in [0, 0.05) is 0 Å². The van der Waals surface area contributed by atoms with Crippen LogP contribution in [0.2, 0.25) is 0 Å². The molecule has 0 spiro atoms. The van der Waals surface area contributed by atoms with Crippen molar-refractivity contribution in [2.24, 2.45) is 11.8 Å². The van der Waals surface area contributed by atoms with Crippen molar-refractivity contribution in [1.82, 2.24) is 0 Å². The van der Waals surface area contributed by atoms with E-state index in [0.29, 0.717) is 5.92 Å². The van der Waals surface area contributed by atoms with E-state index >= 15 is 0 Å². The highest BCUT2D eigenvalue weighted by molar-refractivity contribution is 5.77. The van der Waals surface area contributed by atoms with E-state index in [4.69, 9.17) is 4.74 Å². The zero-order chi connectivity index (χ0) is 7.72. The highest BCUT2D eigenvalue weighted by Gasteiger charge is 2.38. The summed E-state index contributed by atoms with van der Waals surface area (Å²) < 4.78 is 4.92. The molecule has 1 aliphatic heterocycles. The quantitative estimate of drug-likeness (QED) is 0.547. The largest absolute Gasteiger partial charge is 0.461 e. The molecule has 0 saturated carbocycles. The van der Waals surface area contributed by atoms with E-state index in [1.54, 1.807) is 0 Å². The fourth-order valence-corrected chi connectivity index (χ4v) is 1.15. The second kappa shape index (κ2) is 2.60. The van der Waals surface area contributed by atoms with E-state index in [2.05, 4.69) is 13.8 Å². The molecule has 0 N–H and O–H groups in total. The van der Waals surface area contributed by atoms with Gasteiger partial charge in [-0.25, -0.2) is 0 Å². The lowest BCUT2D eigenvalue weighted by Crippen LogP contribution is -2.43. The van der Waals surface area contributed by atoms with Crippen LogP contribution in [-0.4, -0.2) is 12.1 Å². The lowest BCUT2D eigenvalue weighted by molar-refractivity contribution is -0.184. The van der Waals surface area contributed by atoms with Gasteiger partial charge in [-0.15, -0.1) is 0 Å². The smallest absolute Gasteiger partial charge is 0.312 e. The molecule has 1 fully saturated rings. The molecule has 1 rings (SSSR count). The van der Waals surface area contributed by atoms with Gasteiger partial charge in [-0.05, 0) is 19.3 Å². The van der Waals surface area contributed by atoms with Crippen LogP contribution in [0, 0.1) is 11.8 Å². The molecule has 0 radical (unpaired) electrons. The third-order valence-corrected chi connectivity index (χ3v) is 1.90. The van der Waals surface area contributed by atoms with Gasteiger partial charge in [0.2, 0.25) is 0 Å². The van der Waals surface area contributed by atoms with Crippen LogP contribution in [0.25, 0.3) is 0 Å². The summed E-state index contributed by atoms with van der Waals surface area (Å²) in [6.07, 6.45) is 1.21. The summed E-state index contributed by atoms with van der Waals surface area (Å²) in [5.74, 6) is 0.730. The average Bonchev–Trinajstić information content (AvgIpc) is 1.86. The number of ether oxygens (including phenoxy) is 1. The van der Waals surface area contributed by atoms with Crippen LogP contribution in [0.4, 0.5) is 0 Å². The molecule has 0 aromatic rings. The first-order valence-electron chi connectivity index (χ1n) is 3.81. The third kappa shape index (κ3) is 1.31. The minimum atomic E-state index is -0.0364. The van der Waals surface area contributed by atoms with E-state index in [1.807, 2.05) is 6.92 Å². The average molecular weight is 142 g/mol. The molecule has 1 heterocycles. The molecular weight excluding hydrogens is 128 g/mol. The molecule has 0 unspecified atom stereocenters. The maximum absolute atomic E-state index is 10.6. The summed E-state index contributed by atoms with van der Waals surface area (Å²) in [5.41, 5.74) is 0. The Morgan fingerprint density at radius 1 is 1.60 bits per heavy atom. The van der Waals surface area contributed by atoms with Crippen molar-refractivity contribution < 1.29 is 9.53 Å². The molecular formula is C8H14O2. The fraction of sp³-hybridized carbons (Fsp3) is 0.875. The zero-order valence-electron chi connectivity index (χ0n) is 6.76. The molecule has 2 nitrogen and oxygen atoms in total. The highest BCUT2D eigenvalue weighted by atomic mass is 16.6. The topological polar surface area (TPSA) is 26.3 Å². The number of carbonyl (C=O) groups excluding carboxylic acids is 1. The van der Waals surface area contributed by atoms with Crippen molar-refractivity contribution in [3.63, 3.8) is 0 Å². The Kier molecular flexibility index (Phi) is 1.97. The molecule has 58 valence electrons. The minimum Gasteiger partial charge on any atom is -0.461 e. The van der Waals surface area contributed by atoms with Gasteiger partial charge < -0.3 is 4.74 Å². The van der Waals surface area contributed by atoms with Gasteiger partial charge in [-0.1, -0.05) is 13.8 Å². The predicted octanol–water partition coefficient (Wildman–Crippen LogP) is 1.59. The maximum Gasteiger partial charge on any atom is 0.312 e. The van der Waals surface area contributed by atoms with E-state index < -0.39 is 0 Å². The Bertz CT molecular complexity index is 140. The SMILES string of the molecule is CC(C)C[C@H]1OC(=O)[C@H]1C. The van der Waals surface area contributed by atoms with Gasteiger partial charge in [0.25, 0.3) is 0 Å². The Balaban J connectivity index is 2.27. The van der Waals surface area contributed by atoms with Crippen molar-refractivity contribution >= 4 is 5.97 Å². The van der Waals surface area contributed by atoms with Crippen molar-refractivity contribution in [2.75, 3.05) is 0 Å². The van der Waals surface area contributed by atoms with E-state index in [9.17, 15) is 4.79 Å². The summed E-state index contributed by atoms with van der Waals surface area (Å²) in [6, 6.07) is 0. The van der Waals surface area contributed by atoms with Crippen molar-refractivity contribution in [3.8, 4) is 0 Å². The van der Waals surface area contributed by atoms with Crippen molar-refractivity contribution in [1.29, 1.82) is 0 Å². The maximum atomic E-state index is 10.6. The Morgan fingerprint density at radius 3 is 2.50 bits per heavy atom. The Labute approximate surface area is 61.6 Å². The van der Waals surface area contributed by atoms with Crippen LogP contribution < -0.4 is 0 Å². The Morgan fingerprint density at radius 2 is 2.20 bits per heavy atom. The van der Waals surface area contributed by atoms with Crippen LogP contribution in [0.15, 0.2) is 0 Å². The lowest BCUT2D eigenvalue weighted by Gasteiger charge is -2.33. The standard InChI is InChI=1S/C8H14O2/c1-5(2)4-7-6(3)8(9)10-7/h5-7H,4H2,1-3H3/t6-,7+/m0/s1. The van der Waals surface area contributed by atoms with Gasteiger partial charge in [-0.3, -0.25) is 4.79 Å². The number of esters is 1.